The second-order valence-corrected chi connectivity index (χ2v) is 5.79. The van der Waals surface area contributed by atoms with Gasteiger partial charge in [-0.2, -0.15) is 5.26 Å². The Bertz CT molecular complexity index is 286. The lowest BCUT2D eigenvalue weighted by atomic mass is 9.87. The maximum Gasteiger partial charge on any atom is 0.105 e. The minimum Gasteiger partial charge on any atom is -0.386 e. The van der Waals surface area contributed by atoms with Crippen LogP contribution in [0, 0.1) is 16.7 Å². The molecule has 0 aliphatic carbocycles. The van der Waals surface area contributed by atoms with Crippen molar-refractivity contribution in [2.45, 2.75) is 51.7 Å². The van der Waals surface area contributed by atoms with Gasteiger partial charge in [-0.1, -0.05) is 13.8 Å². The van der Waals surface area contributed by atoms with Crippen LogP contribution in [0.25, 0.3) is 0 Å². The predicted octanol–water partition coefficient (Wildman–Crippen LogP) is 1.45. The molecule has 0 saturated carbocycles. The summed E-state index contributed by atoms with van der Waals surface area (Å²) in [5, 5.41) is 22.2. The molecule has 0 aromatic carbocycles. The van der Waals surface area contributed by atoms with Crippen molar-refractivity contribution in [1.29, 1.82) is 5.26 Å². The Morgan fingerprint density at radius 1 is 1.59 bits per heavy atom. The van der Waals surface area contributed by atoms with E-state index in [1.54, 1.807) is 0 Å². The molecule has 1 heterocycles. The van der Waals surface area contributed by atoms with Crippen molar-refractivity contribution in [2.24, 2.45) is 5.41 Å². The number of nitrogens with zero attached hydrogens (tertiary/aromatic N) is 1. The van der Waals surface area contributed by atoms with Gasteiger partial charge in [-0.25, -0.2) is 0 Å². The van der Waals surface area contributed by atoms with Crippen LogP contribution in [0.1, 0.15) is 40.0 Å². The van der Waals surface area contributed by atoms with Gasteiger partial charge < -0.3 is 15.2 Å². The van der Waals surface area contributed by atoms with Crippen molar-refractivity contribution in [3.8, 4) is 6.07 Å². The summed E-state index contributed by atoms with van der Waals surface area (Å²) in [5.41, 5.74) is -0.639. The number of aliphatic hydroxyl groups is 1. The van der Waals surface area contributed by atoms with Crippen molar-refractivity contribution in [2.75, 3.05) is 19.7 Å². The summed E-state index contributed by atoms with van der Waals surface area (Å²) < 4.78 is 5.38. The van der Waals surface area contributed by atoms with E-state index in [2.05, 4.69) is 25.2 Å². The Morgan fingerprint density at radius 2 is 2.29 bits per heavy atom. The maximum atomic E-state index is 10.3. The molecule has 4 nitrogen and oxygen atoms in total. The summed E-state index contributed by atoms with van der Waals surface area (Å²) >= 11 is 0. The van der Waals surface area contributed by atoms with Gasteiger partial charge in [0.05, 0.1) is 12.2 Å². The molecule has 4 heteroatoms. The first-order valence-corrected chi connectivity index (χ1v) is 6.31. The van der Waals surface area contributed by atoms with Gasteiger partial charge in [0.1, 0.15) is 5.60 Å². The van der Waals surface area contributed by atoms with Crippen LogP contribution in [0.15, 0.2) is 0 Å². The minimum atomic E-state index is -0.731. The average molecular weight is 240 g/mol. The molecular weight excluding hydrogens is 216 g/mol. The molecule has 0 radical (unpaired) electrons. The molecule has 1 aliphatic heterocycles. The SMILES string of the molecule is CC1OCCC1(O)CNCC(C)(C)CCC#N. The number of hydrogen-bond donors (Lipinski definition) is 2. The quantitative estimate of drug-likeness (QED) is 0.737. The van der Waals surface area contributed by atoms with Crippen molar-refractivity contribution < 1.29 is 9.84 Å². The fourth-order valence-corrected chi connectivity index (χ4v) is 2.10. The number of nitriles is 1. The topological polar surface area (TPSA) is 65.3 Å². The number of ether oxygens (including phenoxy) is 1. The number of rotatable bonds is 6. The molecule has 1 fully saturated rings. The lowest BCUT2D eigenvalue weighted by Crippen LogP contribution is -2.47. The van der Waals surface area contributed by atoms with E-state index in [9.17, 15) is 5.11 Å². The molecule has 2 unspecified atom stereocenters. The van der Waals surface area contributed by atoms with Gasteiger partial charge >= 0.3 is 0 Å². The molecule has 2 atom stereocenters. The van der Waals surface area contributed by atoms with Gasteiger partial charge in [0, 0.05) is 32.5 Å². The number of nitrogens with one attached hydrogen (secondary N) is 1. The zero-order valence-corrected chi connectivity index (χ0v) is 11.1. The van der Waals surface area contributed by atoms with Gasteiger partial charge in [-0.05, 0) is 18.8 Å². The maximum absolute atomic E-state index is 10.3. The van der Waals surface area contributed by atoms with E-state index >= 15 is 0 Å². The van der Waals surface area contributed by atoms with Gasteiger partial charge in [0.2, 0.25) is 0 Å². The molecule has 0 bridgehead atoms. The molecule has 1 saturated heterocycles. The largest absolute Gasteiger partial charge is 0.386 e. The van der Waals surface area contributed by atoms with Gasteiger partial charge in [0.25, 0.3) is 0 Å². The summed E-state index contributed by atoms with van der Waals surface area (Å²) in [6.45, 7) is 8.19. The Kier molecular flexibility index (Phi) is 4.93. The van der Waals surface area contributed by atoms with E-state index in [-0.39, 0.29) is 11.5 Å². The van der Waals surface area contributed by atoms with E-state index in [4.69, 9.17) is 10.00 Å². The molecule has 1 aliphatic rings. The first-order chi connectivity index (χ1) is 7.90. The first kappa shape index (κ1) is 14.4. The molecule has 17 heavy (non-hydrogen) atoms. The highest BCUT2D eigenvalue weighted by Gasteiger charge is 2.39. The fraction of sp³-hybridized carbons (Fsp3) is 0.923. The Balaban J connectivity index is 2.30. The molecule has 0 aromatic rings. The van der Waals surface area contributed by atoms with E-state index < -0.39 is 5.60 Å². The predicted molar refractivity (Wildman–Crippen MR) is 66.5 cm³/mol. The van der Waals surface area contributed by atoms with Gasteiger partial charge in [-0.15, -0.1) is 0 Å². The summed E-state index contributed by atoms with van der Waals surface area (Å²) in [6, 6.07) is 2.17. The molecule has 0 amide bonds. The highest BCUT2D eigenvalue weighted by atomic mass is 16.5. The van der Waals surface area contributed by atoms with Crippen molar-refractivity contribution in [3.05, 3.63) is 0 Å². The van der Waals surface area contributed by atoms with Crippen LogP contribution in [-0.2, 0) is 4.74 Å². The number of hydrogen-bond acceptors (Lipinski definition) is 4. The standard InChI is InChI=1S/C13H24N2O2/c1-11-13(16,6-8-17-11)10-15-9-12(2,3)5-4-7-14/h11,15-16H,4-6,8-10H2,1-3H3. The molecule has 98 valence electrons. The zero-order chi connectivity index (χ0) is 12.9. The lowest BCUT2D eigenvalue weighted by Gasteiger charge is -2.30. The van der Waals surface area contributed by atoms with Gasteiger partial charge in [0.15, 0.2) is 0 Å². The van der Waals surface area contributed by atoms with E-state index in [1.807, 2.05) is 6.92 Å². The van der Waals surface area contributed by atoms with Crippen LogP contribution in [-0.4, -0.2) is 36.5 Å². The summed E-state index contributed by atoms with van der Waals surface area (Å²) in [7, 11) is 0. The third kappa shape index (κ3) is 4.27. The van der Waals surface area contributed by atoms with Crippen LogP contribution in [0.5, 0.6) is 0 Å². The average Bonchev–Trinajstić information content (AvgIpc) is 2.56. The van der Waals surface area contributed by atoms with Crippen LogP contribution < -0.4 is 5.32 Å². The van der Waals surface area contributed by atoms with Crippen molar-refractivity contribution in [1.82, 2.24) is 5.32 Å². The van der Waals surface area contributed by atoms with E-state index in [1.165, 1.54) is 0 Å². The third-order valence-corrected chi connectivity index (χ3v) is 3.61. The molecule has 2 N–H and O–H groups in total. The minimum absolute atomic E-state index is 0.0921. The van der Waals surface area contributed by atoms with Crippen LogP contribution in [0.3, 0.4) is 0 Å². The summed E-state index contributed by atoms with van der Waals surface area (Å²) in [4.78, 5) is 0. The second-order valence-electron chi connectivity index (χ2n) is 5.79. The Morgan fingerprint density at radius 3 is 2.82 bits per heavy atom. The highest BCUT2D eigenvalue weighted by Crippen LogP contribution is 2.26. The first-order valence-electron chi connectivity index (χ1n) is 6.31. The van der Waals surface area contributed by atoms with E-state index in [0.717, 1.165) is 13.0 Å². The zero-order valence-electron chi connectivity index (χ0n) is 11.1. The van der Waals surface area contributed by atoms with Crippen molar-refractivity contribution in [3.63, 3.8) is 0 Å². The van der Waals surface area contributed by atoms with Crippen LogP contribution in [0.2, 0.25) is 0 Å². The second kappa shape index (κ2) is 5.81. The normalized spacial score (nSPS) is 29.2. The smallest absolute Gasteiger partial charge is 0.105 e. The summed E-state index contributed by atoms with van der Waals surface area (Å²) in [6.07, 6.45) is 2.05. The van der Waals surface area contributed by atoms with Gasteiger partial charge in [-0.3, -0.25) is 0 Å². The van der Waals surface area contributed by atoms with Crippen molar-refractivity contribution >= 4 is 0 Å². The van der Waals surface area contributed by atoms with Crippen LogP contribution >= 0.6 is 0 Å². The summed E-state index contributed by atoms with van der Waals surface area (Å²) in [5.74, 6) is 0. The Hall–Kier alpha value is -0.630. The Labute approximate surface area is 104 Å². The molecule has 0 spiro atoms. The third-order valence-electron chi connectivity index (χ3n) is 3.61. The molecule has 1 rings (SSSR count). The van der Waals surface area contributed by atoms with Crippen LogP contribution in [0.4, 0.5) is 0 Å². The lowest BCUT2D eigenvalue weighted by molar-refractivity contribution is -0.0272. The fourth-order valence-electron chi connectivity index (χ4n) is 2.10. The highest BCUT2D eigenvalue weighted by molar-refractivity contribution is 4.92. The van der Waals surface area contributed by atoms with E-state index in [0.29, 0.717) is 26.0 Å². The molecule has 0 aromatic heterocycles. The molecular formula is C13H24N2O2. The monoisotopic (exact) mass is 240 g/mol.